The summed E-state index contributed by atoms with van der Waals surface area (Å²) in [7, 11) is 0. The van der Waals surface area contributed by atoms with Crippen LogP contribution in [0.4, 0.5) is 14.9 Å². The van der Waals surface area contributed by atoms with E-state index in [0.717, 1.165) is 66.1 Å². The molecule has 0 N–H and O–H groups in total. The number of nitrogens with zero attached hydrogens (tertiary/aromatic N) is 2. The molecule has 3 saturated heterocycles. The lowest BCUT2D eigenvalue weighted by Crippen LogP contribution is -2.65. The molecule has 3 heterocycles. The topological polar surface area (TPSA) is 38.8 Å². The Bertz CT molecular complexity index is 1160. The molecule has 3 aromatic carbocycles. The Hall–Kier alpha value is -3.38. The van der Waals surface area contributed by atoms with E-state index in [4.69, 9.17) is 9.47 Å². The molecule has 2 bridgehead atoms. The van der Waals surface area contributed by atoms with Crippen LogP contribution in [-0.4, -0.2) is 49.5 Å². The molecule has 0 radical (unpaired) electrons. The van der Waals surface area contributed by atoms with Gasteiger partial charge in [0, 0.05) is 24.4 Å². The number of piperidine rings is 3. The first-order valence-corrected chi connectivity index (χ1v) is 12.8. The van der Waals surface area contributed by atoms with Crippen LogP contribution < -0.4 is 9.64 Å². The Morgan fingerprint density at radius 1 is 1.00 bits per heavy atom. The quantitative estimate of drug-likeness (QED) is 0.366. The first kappa shape index (κ1) is 24.3. The van der Waals surface area contributed by atoms with Crippen LogP contribution in [0.5, 0.6) is 5.75 Å². The molecule has 3 aliphatic rings. The molecule has 5 nitrogen and oxygen atoms in total. The molecule has 0 aliphatic carbocycles. The minimum absolute atomic E-state index is 0.114. The number of carbonyl (C=O) groups excluding carboxylic acids is 1. The van der Waals surface area contributed by atoms with Crippen molar-refractivity contribution < 1.29 is 23.1 Å². The zero-order valence-corrected chi connectivity index (χ0v) is 20.8. The summed E-state index contributed by atoms with van der Waals surface area (Å²) in [6, 6.07) is 24.0. The van der Waals surface area contributed by atoms with E-state index in [1.54, 1.807) is 17.0 Å². The minimum Gasteiger partial charge on any atom is -0.488 e. The number of rotatable bonds is 8. The summed E-state index contributed by atoms with van der Waals surface area (Å²) in [6.07, 6.45) is 1.66. The van der Waals surface area contributed by atoms with Crippen LogP contribution in [0.3, 0.4) is 0 Å². The lowest BCUT2D eigenvalue weighted by molar-refractivity contribution is -0.946. The van der Waals surface area contributed by atoms with Crippen molar-refractivity contribution in [2.24, 2.45) is 5.92 Å². The van der Waals surface area contributed by atoms with Crippen LogP contribution >= 0.6 is 0 Å². The Morgan fingerprint density at radius 2 is 1.75 bits per heavy atom. The van der Waals surface area contributed by atoms with Gasteiger partial charge in [0.25, 0.3) is 0 Å². The summed E-state index contributed by atoms with van der Waals surface area (Å²) in [5, 5.41) is 0. The molecule has 188 valence electrons. The highest BCUT2D eigenvalue weighted by Gasteiger charge is 2.47. The average Bonchev–Trinajstić information content (AvgIpc) is 2.89. The van der Waals surface area contributed by atoms with E-state index in [1.807, 2.05) is 61.5 Å². The Labute approximate surface area is 212 Å². The first-order chi connectivity index (χ1) is 17.5. The highest BCUT2D eigenvalue weighted by atomic mass is 19.1. The summed E-state index contributed by atoms with van der Waals surface area (Å²) in [4.78, 5) is 15.2. The van der Waals surface area contributed by atoms with E-state index >= 15 is 0 Å². The molecular formula is C30H34FN2O3+. The molecule has 1 atom stereocenters. The van der Waals surface area contributed by atoms with E-state index in [2.05, 4.69) is 0 Å². The van der Waals surface area contributed by atoms with Crippen molar-refractivity contribution in [2.45, 2.75) is 32.4 Å². The lowest BCUT2D eigenvalue weighted by Gasteiger charge is -2.52. The number of halogens is 1. The standard InChI is InChI=1S/C30H34FN2O3/c1-23-6-5-7-27(20-23)32(21-24-10-12-26(31)13-11-24)30(34)36-29-22-33(16-14-25(29)15-17-33)18-19-35-28-8-3-2-4-9-28/h2-13,20,25,29H,14-19,21-22H2,1H3/q+1/t25?,29-,33?/m0/s1. The number of carbonyl (C=O) groups is 1. The molecule has 3 aromatic rings. The smallest absolute Gasteiger partial charge is 0.415 e. The molecule has 0 saturated carbocycles. The van der Waals surface area contributed by atoms with Gasteiger partial charge in [0.15, 0.2) is 6.10 Å². The zero-order chi connectivity index (χ0) is 25.0. The highest BCUT2D eigenvalue weighted by Crippen LogP contribution is 2.36. The maximum Gasteiger partial charge on any atom is 0.415 e. The number of aryl methyl sites for hydroxylation is 1. The molecule has 0 unspecified atom stereocenters. The second kappa shape index (κ2) is 10.7. The molecule has 6 rings (SSSR count). The number of para-hydroxylation sites is 1. The monoisotopic (exact) mass is 489 g/mol. The maximum absolute atomic E-state index is 13.6. The third-order valence-corrected chi connectivity index (χ3v) is 7.66. The van der Waals surface area contributed by atoms with Crippen molar-refractivity contribution in [1.82, 2.24) is 0 Å². The van der Waals surface area contributed by atoms with Crippen molar-refractivity contribution >= 4 is 11.8 Å². The van der Waals surface area contributed by atoms with Gasteiger partial charge in [0.1, 0.15) is 31.3 Å². The molecule has 0 aromatic heterocycles. The summed E-state index contributed by atoms with van der Waals surface area (Å²) in [5.41, 5.74) is 2.70. The van der Waals surface area contributed by atoms with Gasteiger partial charge in [-0.15, -0.1) is 0 Å². The molecule has 1 amide bonds. The predicted octanol–water partition coefficient (Wildman–Crippen LogP) is 5.97. The van der Waals surface area contributed by atoms with Gasteiger partial charge in [-0.3, -0.25) is 4.90 Å². The van der Waals surface area contributed by atoms with E-state index in [-0.39, 0.29) is 18.0 Å². The van der Waals surface area contributed by atoms with Crippen LogP contribution in [-0.2, 0) is 11.3 Å². The van der Waals surface area contributed by atoms with Gasteiger partial charge in [-0.1, -0.05) is 42.5 Å². The van der Waals surface area contributed by atoms with Crippen molar-refractivity contribution in [3.63, 3.8) is 0 Å². The van der Waals surface area contributed by atoms with E-state index in [1.165, 1.54) is 12.1 Å². The molecule has 36 heavy (non-hydrogen) atoms. The second-order valence-electron chi connectivity index (χ2n) is 10.2. The number of fused-ring (bicyclic) bond motifs is 3. The number of hydrogen-bond acceptors (Lipinski definition) is 3. The fourth-order valence-corrected chi connectivity index (χ4v) is 5.57. The molecule has 6 heteroatoms. The largest absolute Gasteiger partial charge is 0.488 e. The van der Waals surface area contributed by atoms with E-state index in [9.17, 15) is 9.18 Å². The Morgan fingerprint density at radius 3 is 2.47 bits per heavy atom. The van der Waals surface area contributed by atoms with E-state index in [0.29, 0.717) is 19.1 Å². The molecular weight excluding hydrogens is 455 g/mol. The second-order valence-corrected chi connectivity index (χ2v) is 10.2. The fraction of sp³-hybridized carbons (Fsp3) is 0.367. The summed E-state index contributed by atoms with van der Waals surface area (Å²) in [6.45, 7) is 6.92. The predicted molar refractivity (Wildman–Crippen MR) is 138 cm³/mol. The van der Waals surface area contributed by atoms with Crippen molar-refractivity contribution in [2.75, 3.05) is 37.7 Å². The van der Waals surface area contributed by atoms with Gasteiger partial charge in [-0.05, 0) is 54.4 Å². The Balaban J connectivity index is 1.27. The third-order valence-electron chi connectivity index (χ3n) is 7.66. The van der Waals surface area contributed by atoms with Crippen molar-refractivity contribution in [3.05, 3.63) is 95.8 Å². The summed E-state index contributed by atoms with van der Waals surface area (Å²) in [5.74, 6) is 0.996. The number of benzene rings is 3. The van der Waals surface area contributed by atoms with E-state index < -0.39 is 0 Å². The number of hydrogen-bond donors (Lipinski definition) is 0. The van der Waals surface area contributed by atoms with Crippen LogP contribution in [0.25, 0.3) is 0 Å². The van der Waals surface area contributed by atoms with Crippen LogP contribution in [0.1, 0.15) is 24.0 Å². The fourth-order valence-electron chi connectivity index (χ4n) is 5.57. The van der Waals surface area contributed by atoms with Crippen molar-refractivity contribution in [1.29, 1.82) is 0 Å². The minimum atomic E-state index is -0.345. The van der Waals surface area contributed by atoms with Gasteiger partial charge < -0.3 is 14.0 Å². The number of ether oxygens (including phenoxy) is 2. The summed E-state index contributed by atoms with van der Waals surface area (Å²) < 4.78 is 26.6. The number of anilines is 1. The number of quaternary nitrogens is 1. The molecule has 3 fully saturated rings. The van der Waals surface area contributed by atoms with Gasteiger partial charge in [-0.2, -0.15) is 0 Å². The lowest BCUT2D eigenvalue weighted by atomic mass is 9.83. The normalized spacial score (nSPS) is 22.7. The van der Waals surface area contributed by atoms with Gasteiger partial charge in [0.05, 0.1) is 19.6 Å². The highest BCUT2D eigenvalue weighted by molar-refractivity contribution is 5.87. The SMILES string of the molecule is Cc1cccc(N(Cc2ccc(F)cc2)C(=O)O[C@H]2C[N+]3(CCOc4ccccc4)CCC2CC3)c1. The van der Waals surface area contributed by atoms with Crippen molar-refractivity contribution in [3.8, 4) is 5.75 Å². The summed E-state index contributed by atoms with van der Waals surface area (Å²) >= 11 is 0. The van der Waals surface area contributed by atoms with Crippen LogP contribution in [0, 0.1) is 18.7 Å². The van der Waals surface area contributed by atoms with Crippen LogP contribution in [0.2, 0.25) is 0 Å². The maximum atomic E-state index is 13.6. The third kappa shape index (κ3) is 5.71. The zero-order valence-electron chi connectivity index (χ0n) is 20.8. The Kier molecular flexibility index (Phi) is 7.23. The first-order valence-electron chi connectivity index (χ1n) is 12.8. The van der Waals surface area contributed by atoms with Gasteiger partial charge in [0.2, 0.25) is 0 Å². The number of amides is 1. The average molecular weight is 490 g/mol. The van der Waals surface area contributed by atoms with Crippen LogP contribution in [0.15, 0.2) is 78.9 Å². The van der Waals surface area contributed by atoms with Gasteiger partial charge >= 0.3 is 6.09 Å². The van der Waals surface area contributed by atoms with Gasteiger partial charge in [-0.25, -0.2) is 9.18 Å². The molecule has 0 spiro atoms. The molecule has 3 aliphatic heterocycles.